The smallest absolute Gasteiger partial charge is 0.144 e. The highest BCUT2D eigenvalue weighted by Gasteiger charge is 1.99. The van der Waals surface area contributed by atoms with Crippen molar-refractivity contribution in [1.82, 2.24) is 4.98 Å². The van der Waals surface area contributed by atoms with Gasteiger partial charge in [0.15, 0.2) is 0 Å². The molecule has 0 amide bonds. The van der Waals surface area contributed by atoms with E-state index in [2.05, 4.69) is 11.6 Å². The average molecular weight is 151 g/mol. The van der Waals surface area contributed by atoms with E-state index < -0.39 is 0 Å². The second-order valence-electron chi connectivity index (χ2n) is 2.57. The maximum Gasteiger partial charge on any atom is 0.144 e. The number of hydrogen-bond donors (Lipinski definition) is 0. The van der Waals surface area contributed by atoms with E-state index in [1.165, 1.54) is 6.07 Å². The standard InChI is InChI=1S/C9H10FN/c1-6(2)8-4-9(10)7(3)11-5-8/h4-5H,1H2,2-3H3. The predicted octanol–water partition coefficient (Wildman–Crippen LogP) is 2.56. The van der Waals surface area contributed by atoms with Gasteiger partial charge in [-0.25, -0.2) is 4.39 Å². The summed E-state index contributed by atoms with van der Waals surface area (Å²) in [6.07, 6.45) is 1.63. The van der Waals surface area contributed by atoms with Crippen molar-refractivity contribution < 1.29 is 4.39 Å². The molecule has 1 aromatic heterocycles. The van der Waals surface area contributed by atoms with Crippen molar-refractivity contribution in [2.24, 2.45) is 0 Å². The molecule has 0 N–H and O–H groups in total. The van der Waals surface area contributed by atoms with Gasteiger partial charge in [-0.3, -0.25) is 4.98 Å². The summed E-state index contributed by atoms with van der Waals surface area (Å²) in [6, 6.07) is 1.45. The van der Waals surface area contributed by atoms with Crippen LogP contribution in [0.1, 0.15) is 18.2 Å². The molecule has 0 aliphatic carbocycles. The van der Waals surface area contributed by atoms with Gasteiger partial charge in [-0.2, -0.15) is 0 Å². The Morgan fingerprint density at radius 3 is 2.73 bits per heavy atom. The highest BCUT2D eigenvalue weighted by atomic mass is 19.1. The van der Waals surface area contributed by atoms with E-state index in [1.54, 1.807) is 13.1 Å². The zero-order valence-corrected chi connectivity index (χ0v) is 6.69. The number of pyridine rings is 1. The molecule has 11 heavy (non-hydrogen) atoms. The van der Waals surface area contributed by atoms with Crippen LogP contribution >= 0.6 is 0 Å². The molecule has 0 bridgehead atoms. The van der Waals surface area contributed by atoms with Gasteiger partial charge in [0.2, 0.25) is 0 Å². The lowest BCUT2D eigenvalue weighted by atomic mass is 10.1. The fraction of sp³-hybridized carbons (Fsp3) is 0.222. The minimum Gasteiger partial charge on any atom is -0.258 e. The molecule has 0 aliphatic heterocycles. The lowest BCUT2D eigenvalue weighted by Crippen LogP contribution is -1.89. The topological polar surface area (TPSA) is 12.9 Å². The molecule has 2 heteroatoms. The molecule has 0 saturated carbocycles. The molecule has 1 nitrogen and oxygen atoms in total. The first-order valence-electron chi connectivity index (χ1n) is 3.39. The van der Waals surface area contributed by atoms with Crippen molar-refractivity contribution in [3.63, 3.8) is 0 Å². The Bertz CT molecular complexity index is 292. The number of allylic oxidation sites excluding steroid dienone is 1. The summed E-state index contributed by atoms with van der Waals surface area (Å²) in [5, 5.41) is 0. The predicted molar refractivity (Wildman–Crippen MR) is 43.6 cm³/mol. The molecule has 0 aliphatic rings. The normalized spacial score (nSPS) is 9.73. The van der Waals surface area contributed by atoms with Crippen LogP contribution in [0.5, 0.6) is 0 Å². The van der Waals surface area contributed by atoms with Crippen molar-refractivity contribution in [2.75, 3.05) is 0 Å². The monoisotopic (exact) mass is 151 g/mol. The van der Waals surface area contributed by atoms with E-state index in [1.807, 2.05) is 6.92 Å². The quantitative estimate of drug-likeness (QED) is 0.601. The first-order valence-corrected chi connectivity index (χ1v) is 3.39. The molecule has 1 rings (SSSR count). The Kier molecular flexibility index (Phi) is 2.03. The molecular weight excluding hydrogens is 141 g/mol. The van der Waals surface area contributed by atoms with Gasteiger partial charge in [0.25, 0.3) is 0 Å². The van der Waals surface area contributed by atoms with E-state index in [0.717, 1.165) is 11.1 Å². The summed E-state index contributed by atoms with van der Waals surface area (Å²) in [4.78, 5) is 3.86. The van der Waals surface area contributed by atoms with Crippen LogP contribution in [-0.2, 0) is 0 Å². The summed E-state index contributed by atoms with van der Waals surface area (Å²) >= 11 is 0. The lowest BCUT2D eigenvalue weighted by Gasteiger charge is -1.99. The number of halogens is 1. The average Bonchev–Trinajstić information content (AvgIpc) is 1.94. The summed E-state index contributed by atoms with van der Waals surface area (Å²) in [7, 11) is 0. The van der Waals surface area contributed by atoms with E-state index in [-0.39, 0.29) is 5.82 Å². The lowest BCUT2D eigenvalue weighted by molar-refractivity contribution is 0.609. The third kappa shape index (κ3) is 1.64. The number of aryl methyl sites for hydroxylation is 1. The maximum atomic E-state index is 12.8. The van der Waals surface area contributed by atoms with E-state index in [0.29, 0.717) is 5.69 Å². The van der Waals surface area contributed by atoms with Crippen molar-refractivity contribution in [2.45, 2.75) is 13.8 Å². The Labute approximate surface area is 65.6 Å². The van der Waals surface area contributed by atoms with Crippen molar-refractivity contribution >= 4 is 5.57 Å². The van der Waals surface area contributed by atoms with Crippen LogP contribution in [0.25, 0.3) is 5.57 Å². The molecule has 0 aromatic carbocycles. The molecular formula is C9H10FN. The minimum absolute atomic E-state index is 0.273. The SMILES string of the molecule is C=C(C)c1cnc(C)c(F)c1. The highest BCUT2D eigenvalue weighted by molar-refractivity contribution is 5.60. The Hall–Kier alpha value is -1.18. The summed E-state index contributed by atoms with van der Waals surface area (Å²) in [6.45, 7) is 7.15. The van der Waals surface area contributed by atoms with Gasteiger partial charge in [-0.05, 0) is 31.1 Å². The molecule has 0 fully saturated rings. The molecule has 0 unspecified atom stereocenters. The van der Waals surface area contributed by atoms with Gasteiger partial charge in [0, 0.05) is 6.20 Å². The fourth-order valence-electron chi connectivity index (χ4n) is 0.740. The van der Waals surface area contributed by atoms with Crippen molar-refractivity contribution in [3.05, 3.63) is 35.9 Å². The minimum atomic E-state index is -0.273. The number of nitrogens with zero attached hydrogens (tertiary/aromatic N) is 1. The second kappa shape index (κ2) is 2.82. The second-order valence-corrected chi connectivity index (χ2v) is 2.57. The van der Waals surface area contributed by atoms with Gasteiger partial charge < -0.3 is 0 Å². The van der Waals surface area contributed by atoms with Crippen LogP contribution in [0.2, 0.25) is 0 Å². The third-order valence-corrected chi connectivity index (χ3v) is 1.52. The van der Waals surface area contributed by atoms with E-state index >= 15 is 0 Å². The van der Waals surface area contributed by atoms with Gasteiger partial charge in [-0.1, -0.05) is 6.58 Å². The summed E-state index contributed by atoms with van der Waals surface area (Å²) < 4.78 is 12.8. The Balaban J connectivity index is 3.15. The van der Waals surface area contributed by atoms with Crippen LogP contribution in [0.15, 0.2) is 18.8 Å². The van der Waals surface area contributed by atoms with E-state index in [9.17, 15) is 4.39 Å². The van der Waals surface area contributed by atoms with Crippen LogP contribution in [0, 0.1) is 12.7 Å². The molecule has 0 radical (unpaired) electrons. The van der Waals surface area contributed by atoms with Gasteiger partial charge in [0.1, 0.15) is 5.82 Å². The van der Waals surface area contributed by atoms with Gasteiger partial charge in [0.05, 0.1) is 5.69 Å². The highest BCUT2D eigenvalue weighted by Crippen LogP contribution is 2.12. The molecule has 0 saturated heterocycles. The first kappa shape index (κ1) is 7.92. The fourth-order valence-corrected chi connectivity index (χ4v) is 0.740. The largest absolute Gasteiger partial charge is 0.258 e. The Morgan fingerprint density at radius 2 is 2.27 bits per heavy atom. The van der Waals surface area contributed by atoms with Crippen molar-refractivity contribution in [1.29, 1.82) is 0 Å². The number of aromatic nitrogens is 1. The van der Waals surface area contributed by atoms with Crippen LogP contribution in [0.4, 0.5) is 4.39 Å². The van der Waals surface area contributed by atoms with Crippen LogP contribution in [-0.4, -0.2) is 4.98 Å². The molecule has 1 heterocycles. The number of rotatable bonds is 1. The zero-order valence-electron chi connectivity index (χ0n) is 6.69. The number of hydrogen-bond acceptors (Lipinski definition) is 1. The molecule has 0 spiro atoms. The van der Waals surface area contributed by atoms with Crippen molar-refractivity contribution in [3.8, 4) is 0 Å². The summed E-state index contributed by atoms with van der Waals surface area (Å²) in [5.74, 6) is -0.273. The summed E-state index contributed by atoms with van der Waals surface area (Å²) in [5.41, 5.74) is 2.01. The van der Waals surface area contributed by atoms with Crippen LogP contribution < -0.4 is 0 Å². The maximum absolute atomic E-state index is 12.8. The van der Waals surface area contributed by atoms with Crippen LogP contribution in [0.3, 0.4) is 0 Å². The Morgan fingerprint density at radius 1 is 1.64 bits per heavy atom. The molecule has 0 atom stereocenters. The van der Waals surface area contributed by atoms with E-state index in [4.69, 9.17) is 0 Å². The zero-order chi connectivity index (χ0) is 8.43. The third-order valence-electron chi connectivity index (χ3n) is 1.52. The van der Waals surface area contributed by atoms with Gasteiger partial charge >= 0.3 is 0 Å². The van der Waals surface area contributed by atoms with Gasteiger partial charge in [-0.15, -0.1) is 0 Å². The molecule has 1 aromatic rings. The molecule has 58 valence electrons. The first-order chi connectivity index (χ1) is 5.11.